The lowest BCUT2D eigenvalue weighted by Crippen LogP contribution is -2.06. The van der Waals surface area contributed by atoms with Crippen LogP contribution in [0.5, 0.6) is 0 Å². The molecule has 1 saturated heterocycles. The van der Waals surface area contributed by atoms with E-state index in [1.807, 2.05) is 6.92 Å². The van der Waals surface area contributed by atoms with Gasteiger partial charge in [0.1, 0.15) is 0 Å². The smallest absolute Gasteiger partial charge is 0.309 e. The molecular formula is C10H18O2. The Morgan fingerprint density at radius 3 is 2.75 bits per heavy atom. The average Bonchev–Trinajstić information content (AvgIpc) is 2.31. The maximum Gasteiger partial charge on any atom is 0.309 e. The van der Waals surface area contributed by atoms with Crippen LogP contribution in [0.2, 0.25) is 0 Å². The second-order valence-electron chi connectivity index (χ2n) is 3.68. The molecule has 1 rings (SSSR count). The summed E-state index contributed by atoms with van der Waals surface area (Å²) >= 11 is 0. The summed E-state index contributed by atoms with van der Waals surface area (Å²) in [5.41, 5.74) is 0. The van der Waals surface area contributed by atoms with Crippen molar-refractivity contribution in [2.45, 2.75) is 52.1 Å². The van der Waals surface area contributed by atoms with Crippen LogP contribution in [0, 0.1) is 5.92 Å². The van der Waals surface area contributed by atoms with Crippen molar-refractivity contribution in [3.8, 4) is 0 Å². The topological polar surface area (TPSA) is 26.3 Å². The lowest BCUT2D eigenvalue weighted by molar-refractivity contribution is -0.143. The van der Waals surface area contributed by atoms with Gasteiger partial charge in [0.05, 0.1) is 12.0 Å². The molecule has 0 N–H and O–H groups in total. The van der Waals surface area contributed by atoms with Gasteiger partial charge < -0.3 is 4.74 Å². The first kappa shape index (κ1) is 9.56. The van der Waals surface area contributed by atoms with Crippen molar-refractivity contribution in [2.24, 2.45) is 5.92 Å². The average molecular weight is 170 g/mol. The second-order valence-corrected chi connectivity index (χ2v) is 3.68. The Balaban J connectivity index is 2.19. The van der Waals surface area contributed by atoms with E-state index in [0.717, 1.165) is 12.8 Å². The van der Waals surface area contributed by atoms with Crippen LogP contribution in [0.1, 0.15) is 46.0 Å². The SMILES string of the molecule is CCCCC[C@@H]1C[C@H](C)OC1=O. The molecule has 1 aliphatic rings. The molecular weight excluding hydrogens is 152 g/mol. The minimum atomic E-state index is 0.0265. The third kappa shape index (κ3) is 2.50. The fourth-order valence-electron chi connectivity index (χ4n) is 1.72. The normalized spacial score (nSPS) is 29.0. The molecule has 0 spiro atoms. The van der Waals surface area contributed by atoms with Gasteiger partial charge in [0.2, 0.25) is 0 Å². The number of hydrogen-bond acceptors (Lipinski definition) is 2. The quantitative estimate of drug-likeness (QED) is 0.478. The van der Waals surface area contributed by atoms with Gasteiger partial charge in [-0.05, 0) is 19.8 Å². The van der Waals surface area contributed by atoms with Gasteiger partial charge in [-0.3, -0.25) is 4.79 Å². The summed E-state index contributed by atoms with van der Waals surface area (Å²) in [5.74, 6) is 0.227. The maximum atomic E-state index is 11.2. The highest BCUT2D eigenvalue weighted by Crippen LogP contribution is 2.25. The fourth-order valence-corrected chi connectivity index (χ4v) is 1.72. The monoisotopic (exact) mass is 170 g/mol. The second kappa shape index (κ2) is 4.48. The highest BCUT2D eigenvalue weighted by Gasteiger charge is 2.30. The van der Waals surface area contributed by atoms with Crippen LogP contribution in [-0.2, 0) is 9.53 Å². The highest BCUT2D eigenvalue weighted by atomic mass is 16.5. The van der Waals surface area contributed by atoms with Crippen molar-refractivity contribution >= 4 is 5.97 Å². The van der Waals surface area contributed by atoms with Crippen molar-refractivity contribution in [1.82, 2.24) is 0 Å². The van der Waals surface area contributed by atoms with Crippen molar-refractivity contribution in [3.63, 3.8) is 0 Å². The summed E-state index contributed by atoms with van der Waals surface area (Å²) in [7, 11) is 0. The van der Waals surface area contributed by atoms with Crippen molar-refractivity contribution in [2.75, 3.05) is 0 Å². The van der Waals surface area contributed by atoms with Crippen LogP contribution in [-0.4, -0.2) is 12.1 Å². The third-order valence-corrected chi connectivity index (χ3v) is 2.42. The molecule has 0 bridgehead atoms. The molecule has 0 aromatic heterocycles. The Morgan fingerprint density at radius 1 is 1.50 bits per heavy atom. The Kier molecular flexibility index (Phi) is 3.57. The molecule has 12 heavy (non-hydrogen) atoms. The Labute approximate surface area is 74.3 Å². The van der Waals surface area contributed by atoms with Crippen molar-refractivity contribution in [1.29, 1.82) is 0 Å². The summed E-state index contributed by atoms with van der Waals surface area (Å²) < 4.78 is 5.07. The number of esters is 1. The molecule has 70 valence electrons. The van der Waals surface area contributed by atoms with E-state index in [4.69, 9.17) is 4.74 Å². The molecule has 0 unspecified atom stereocenters. The molecule has 0 amide bonds. The lowest BCUT2D eigenvalue weighted by Gasteiger charge is -2.02. The number of cyclic esters (lactones) is 1. The number of carbonyl (C=O) groups is 1. The Morgan fingerprint density at radius 2 is 2.25 bits per heavy atom. The summed E-state index contributed by atoms with van der Waals surface area (Å²) in [6.07, 6.45) is 5.74. The summed E-state index contributed by atoms with van der Waals surface area (Å²) in [6, 6.07) is 0. The lowest BCUT2D eigenvalue weighted by atomic mass is 9.98. The molecule has 2 nitrogen and oxygen atoms in total. The van der Waals surface area contributed by atoms with Gasteiger partial charge in [-0.15, -0.1) is 0 Å². The fraction of sp³-hybridized carbons (Fsp3) is 0.900. The molecule has 0 aromatic carbocycles. The predicted molar refractivity (Wildman–Crippen MR) is 47.8 cm³/mol. The van der Waals surface area contributed by atoms with E-state index in [-0.39, 0.29) is 18.0 Å². The van der Waals surface area contributed by atoms with Crippen LogP contribution in [0.25, 0.3) is 0 Å². The molecule has 0 aromatic rings. The summed E-state index contributed by atoms with van der Waals surface area (Å²) in [4.78, 5) is 11.2. The van der Waals surface area contributed by atoms with Gasteiger partial charge in [-0.25, -0.2) is 0 Å². The summed E-state index contributed by atoms with van der Waals surface area (Å²) in [6.45, 7) is 4.15. The summed E-state index contributed by atoms with van der Waals surface area (Å²) in [5, 5.41) is 0. The van der Waals surface area contributed by atoms with Gasteiger partial charge in [-0.1, -0.05) is 26.2 Å². The zero-order valence-corrected chi connectivity index (χ0v) is 8.01. The molecule has 2 atom stereocenters. The van der Waals surface area contributed by atoms with Gasteiger partial charge in [0.25, 0.3) is 0 Å². The Bertz CT molecular complexity index is 154. The third-order valence-electron chi connectivity index (χ3n) is 2.42. The maximum absolute atomic E-state index is 11.2. The Hall–Kier alpha value is -0.530. The molecule has 1 fully saturated rings. The molecule has 0 radical (unpaired) electrons. The zero-order chi connectivity index (χ0) is 8.97. The molecule has 1 aliphatic heterocycles. The first-order chi connectivity index (χ1) is 5.74. The van der Waals surface area contributed by atoms with Crippen molar-refractivity contribution in [3.05, 3.63) is 0 Å². The number of ether oxygens (including phenoxy) is 1. The van der Waals surface area contributed by atoms with Gasteiger partial charge in [0.15, 0.2) is 0 Å². The number of carbonyl (C=O) groups excluding carboxylic acids is 1. The zero-order valence-electron chi connectivity index (χ0n) is 8.01. The number of rotatable bonds is 4. The van der Waals surface area contributed by atoms with Gasteiger partial charge >= 0.3 is 5.97 Å². The molecule has 0 aliphatic carbocycles. The number of unbranched alkanes of at least 4 members (excludes halogenated alkanes) is 2. The molecule has 0 saturated carbocycles. The molecule has 2 heteroatoms. The van der Waals surface area contributed by atoms with Crippen LogP contribution in [0.4, 0.5) is 0 Å². The van der Waals surface area contributed by atoms with E-state index in [1.165, 1.54) is 19.3 Å². The minimum absolute atomic E-state index is 0.0265. The largest absolute Gasteiger partial charge is 0.462 e. The van der Waals surface area contributed by atoms with E-state index in [2.05, 4.69) is 6.92 Å². The highest BCUT2D eigenvalue weighted by molar-refractivity contribution is 5.74. The van der Waals surface area contributed by atoms with Crippen LogP contribution < -0.4 is 0 Å². The first-order valence-electron chi connectivity index (χ1n) is 4.94. The van der Waals surface area contributed by atoms with E-state index in [9.17, 15) is 4.79 Å². The van der Waals surface area contributed by atoms with E-state index in [0.29, 0.717) is 0 Å². The van der Waals surface area contributed by atoms with E-state index >= 15 is 0 Å². The first-order valence-corrected chi connectivity index (χ1v) is 4.94. The van der Waals surface area contributed by atoms with Crippen LogP contribution >= 0.6 is 0 Å². The molecule has 1 heterocycles. The predicted octanol–water partition coefficient (Wildman–Crippen LogP) is 2.52. The van der Waals surface area contributed by atoms with Crippen LogP contribution in [0.3, 0.4) is 0 Å². The number of hydrogen-bond donors (Lipinski definition) is 0. The standard InChI is InChI=1S/C10H18O2/c1-3-4-5-6-9-7-8(2)12-10(9)11/h8-9H,3-7H2,1-2H3/t8-,9+/m0/s1. The van der Waals surface area contributed by atoms with E-state index in [1.54, 1.807) is 0 Å². The van der Waals surface area contributed by atoms with E-state index < -0.39 is 0 Å². The minimum Gasteiger partial charge on any atom is -0.462 e. The van der Waals surface area contributed by atoms with Crippen LogP contribution in [0.15, 0.2) is 0 Å². The van der Waals surface area contributed by atoms with Gasteiger partial charge in [0, 0.05) is 0 Å². The van der Waals surface area contributed by atoms with Crippen molar-refractivity contribution < 1.29 is 9.53 Å². The van der Waals surface area contributed by atoms with Gasteiger partial charge in [-0.2, -0.15) is 0 Å².